The maximum Gasteiger partial charge on any atom is 0.410 e. The minimum atomic E-state index is -1.47. The Kier molecular flexibility index (Phi) is 59.3. The molecule has 39 heteroatoms. The monoisotopic (exact) mass is 2100 g/mol. The van der Waals surface area contributed by atoms with Crippen LogP contribution in [-0.4, -0.2) is 354 Å². The molecule has 5 N–H and O–H groups in total. The van der Waals surface area contributed by atoms with E-state index in [1.54, 1.807) is 77.6 Å². The first-order valence-electron chi connectivity index (χ1n) is 52.5. The van der Waals surface area contributed by atoms with Gasteiger partial charge in [-0.15, -0.1) is 0 Å². The zero-order chi connectivity index (χ0) is 109. The summed E-state index contributed by atoms with van der Waals surface area (Å²) in [5, 5.41) is 22.3. The van der Waals surface area contributed by atoms with E-state index in [2.05, 4.69) is 21.3 Å². The van der Waals surface area contributed by atoms with Gasteiger partial charge in [-0.25, -0.2) is 14.4 Å². The van der Waals surface area contributed by atoms with Gasteiger partial charge in [0.25, 0.3) is 0 Å². The highest BCUT2D eigenvalue weighted by Crippen LogP contribution is 2.45. The van der Waals surface area contributed by atoms with Gasteiger partial charge in [0.05, 0.1) is 195 Å². The van der Waals surface area contributed by atoms with Crippen LogP contribution in [0.2, 0.25) is 0 Å². The van der Waals surface area contributed by atoms with E-state index in [0.29, 0.717) is 176 Å². The third kappa shape index (κ3) is 42.8. The summed E-state index contributed by atoms with van der Waals surface area (Å²) in [7, 11) is 7.36. The fourth-order valence-electron chi connectivity index (χ4n) is 18.6. The molecule has 39 nitrogen and oxygen atoms in total. The number of unbranched alkanes of at least 4 members (excludes halogenated alkanes) is 1. The maximum atomic E-state index is 15.2. The number of aliphatic hydroxyl groups excluding tert-OH is 1. The van der Waals surface area contributed by atoms with Crippen LogP contribution in [0.15, 0.2) is 97.1 Å². The smallest absolute Gasteiger partial charge is 0.410 e. The van der Waals surface area contributed by atoms with Crippen molar-refractivity contribution in [3.8, 4) is 16.9 Å². The molecule has 7 rings (SSSR count). The number of methoxy groups -OCH3 is 3. The van der Waals surface area contributed by atoms with E-state index < -0.39 is 151 Å². The van der Waals surface area contributed by atoms with Crippen LogP contribution in [0.25, 0.3) is 11.1 Å². The number of Topliss-reactive ketones (excluding diaryl/α,β-unsaturated/α-hetero) is 2. The van der Waals surface area contributed by atoms with Crippen molar-refractivity contribution in [3.63, 3.8) is 0 Å². The van der Waals surface area contributed by atoms with Crippen LogP contribution >= 0.6 is 0 Å². The molecule has 4 aromatic carbocycles. The highest BCUT2D eigenvalue weighted by atomic mass is 16.7. The number of hydrogen-bond acceptors (Lipinski definition) is 32. The number of amides is 7. The van der Waals surface area contributed by atoms with Gasteiger partial charge in [-0.05, 0) is 107 Å². The lowest BCUT2D eigenvalue weighted by molar-refractivity contribution is -0.248. The molecule has 0 bridgehead atoms. The number of carbonyl (C=O) groups excluding carboxylic acids is 12. The molecular formula is C110H167N7O32. The predicted octanol–water partition coefficient (Wildman–Crippen LogP) is 10.9. The third-order valence-electron chi connectivity index (χ3n) is 27.3. The number of esters is 2. The summed E-state index contributed by atoms with van der Waals surface area (Å²) < 4.78 is 107. The van der Waals surface area contributed by atoms with Crippen LogP contribution in [0.5, 0.6) is 5.75 Å². The standard InChI is InChI=1S/C110H167N7O32/c1-17-75(6)101(96(132-15)69-99(124)117-42-27-35-92(117)88(70-118)79(10)93(120)66-76(7)102(125)82-28-19-18-20-29-82)115(12)106(127)87(73(2)3)68-94(121)100(74(4)5)116(13)110(130)146-71-81-36-37-95(148-108-104(147-80(11)119)78(9)77(8)103(149-108)107(128)133-16)91(67-81)113-98(123)38-41-112-105(126)90(114-109(129)145-72-89-85-32-23-21-30-83(85)84-31-22-24-33-86(84)89)34-25-26-40-111-97(122)39-43-134-46-47-136-50-51-138-54-55-140-58-59-142-62-63-144-65-64-143-61-60-141-57-56-139-53-52-137-49-48-135-45-44-131-14/h18-24,28-33,36-37,67,70,73-79,87-90,92,96,100-104,108,125H,17,25-27,34-35,38-66,68-69,71-72H2,1-16H3,(H,111,122)(H,112,126)(H,113,123)(H,114,129)/t75-,76-,77-,78-,79+,87-,88+,90-,92-,96+,100-,101-,102+,103-,104+,108+/m0/s1. The number of nitrogens with zero attached hydrogens (tertiary/aromatic N) is 3. The number of alkyl carbamates (subject to hydrolysis) is 1. The Morgan fingerprint density at radius 2 is 1.11 bits per heavy atom. The number of likely N-dealkylation sites (tertiary alicyclic amines) is 1. The normalized spacial score (nSPS) is 18.0. The van der Waals surface area contributed by atoms with Crippen LogP contribution in [0.3, 0.4) is 0 Å². The van der Waals surface area contributed by atoms with Crippen molar-refractivity contribution < 1.29 is 153 Å². The first kappa shape index (κ1) is 126. The molecule has 2 heterocycles. The molecule has 0 saturated carbocycles. The van der Waals surface area contributed by atoms with Crippen molar-refractivity contribution >= 4 is 77.2 Å². The number of hydrogen-bond donors (Lipinski definition) is 5. The molecule has 0 unspecified atom stereocenters. The Morgan fingerprint density at radius 3 is 1.62 bits per heavy atom. The average Bonchev–Trinajstić information content (AvgIpc) is 1.62. The summed E-state index contributed by atoms with van der Waals surface area (Å²) in [6.45, 7) is 28.8. The van der Waals surface area contributed by atoms with Crippen molar-refractivity contribution in [2.75, 3.05) is 219 Å². The number of ether oxygens (including phenoxy) is 19. The molecule has 0 spiro atoms. The molecule has 4 aromatic rings. The first-order valence-corrected chi connectivity index (χ1v) is 52.5. The van der Waals surface area contributed by atoms with Crippen molar-refractivity contribution in [3.05, 3.63) is 119 Å². The van der Waals surface area contributed by atoms with Gasteiger partial charge >= 0.3 is 24.1 Å². The topological polar surface area (TPSA) is 458 Å². The molecule has 0 radical (unpaired) electrons. The molecule has 0 aromatic heterocycles. The van der Waals surface area contributed by atoms with E-state index in [1.807, 2.05) is 94.4 Å². The van der Waals surface area contributed by atoms with Crippen LogP contribution in [0.1, 0.15) is 181 Å². The number of benzene rings is 4. The Morgan fingerprint density at radius 1 is 0.570 bits per heavy atom. The van der Waals surface area contributed by atoms with Gasteiger partial charge in [-0.2, -0.15) is 0 Å². The number of ketones is 2. The molecule has 1 aliphatic carbocycles. The molecule has 16 atom stereocenters. The quantitative estimate of drug-likeness (QED) is 0.0119. The molecule has 7 amide bonds. The number of rotatable bonds is 77. The number of fused-ring (bicyclic) bond motifs is 3. The Balaban J connectivity index is 0.898. The summed E-state index contributed by atoms with van der Waals surface area (Å²) in [5.41, 5.74) is 4.94. The molecule has 149 heavy (non-hydrogen) atoms. The van der Waals surface area contributed by atoms with E-state index in [4.69, 9.17) is 90.0 Å². The van der Waals surface area contributed by atoms with E-state index in [1.165, 1.54) is 51.3 Å². The summed E-state index contributed by atoms with van der Waals surface area (Å²) >= 11 is 0. The number of likely N-dealkylation sites (N-methyl/N-ethyl adjacent to an activating group) is 2. The van der Waals surface area contributed by atoms with Crippen LogP contribution < -0.4 is 26.0 Å². The second-order valence-electron chi connectivity index (χ2n) is 38.6. The fourth-order valence-corrected chi connectivity index (χ4v) is 18.6. The highest BCUT2D eigenvalue weighted by molar-refractivity contribution is 5.94. The van der Waals surface area contributed by atoms with Crippen molar-refractivity contribution in [2.24, 2.45) is 53.3 Å². The Bertz CT molecular complexity index is 4600. The molecular weight excluding hydrogens is 1930 g/mol. The second-order valence-corrected chi connectivity index (χ2v) is 38.6. The lowest BCUT2D eigenvalue weighted by Crippen LogP contribution is -2.55. The van der Waals surface area contributed by atoms with Crippen molar-refractivity contribution in [1.29, 1.82) is 0 Å². The fraction of sp³-hybridized carbons (Fsp3) is 0.673. The lowest BCUT2D eigenvalue weighted by Gasteiger charge is -2.42. The molecule has 2 aliphatic heterocycles. The lowest BCUT2D eigenvalue weighted by atomic mass is 9.80. The second kappa shape index (κ2) is 70.2. The summed E-state index contributed by atoms with van der Waals surface area (Å²) in [6.07, 6.45) is -4.73. The average molecular weight is 2100 g/mol. The summed E-state index contributed by atoms with van der Waals surface area (Å²) in [4.78, 5) is 172. The van der Waals surface area contributed by atoms with Crippen molar-refractivity contribution in [1.82, 2.24) is 30.7 Å². The molecule has 3 aliphatic rings. The van der Waals surface area contributed by atoms with Crippen LogP contribution in [0.4, 0.5) is 15.3 Å². The number of carbonyl (C=O) groups is 12. The van der Waals surface area contributed by atoms with Gasteiger partial charge in [0.1, 0.15) is 37.1 Å². The minimum Gasteiger partial charge on any atom is -0.467 e. The van der Waals surface area contributed by atoms with Gasteiger partial charge in [-0.3, -0.25) is 38.4 Å². The summed E-state index contributed by atoms with van der Waals surface area (Å²) in [5.74, 6) is -9.81. The third-order valence-corrected chi connectivity index (χ3v) is 27.3. The maximum absolute atomic E-state index is 15.2. The van der Waals surface area contributed by atoms with Crippen LogP contribution in [0, 0.1) is 53.3 Å². The Hall–Kier alpha value is -10.1. The molecule has 2 saturated heterocycles. The zero-order valence-corrected chi connectivity index (χ0v) is 90.3. The van der Waals surface area contributed by atoms with Gasteiger partial charge in [-0.1, -0.05) is 161 Å². The van der Waals surface area contributed by atoms with E-state index >= 15 is 4.79 Å². The first-order chi connectivity index (χ1) is 71.8. The van der Waals surface area contributed by atoms with Gasteiger partial charge < -0.3 is 136 Å². The molecule has 2 fully saturated rings. The predicted molar refractivity (Wildman–Crippen MR) is 552 cm³/mol. The zero-order valence-electron chi connectivity index (χ0n) is 90.3. The Labute approximate surface area is 878 Å². The number of aliphatic hydroxyl groups is 1. The number of aldehydes is 1. The molecule has 834 valence electrons. The van der Waals surface area contributed by atoms with Crippen LogP contribution in [-0.2, 0) is 140 Å². The minimum absolute atomic E-state index is 0.0215. The highest BCUT2D eigenvalue weighted by Gasteiger charge is 2.50. The van der Waals surface area contributed by atoms with E-state index in [0.717, 1.165) is 28.5 Å². The summed E-state index contributed by atoms with van der Waals surface area (Å²) in [6, 6.07) is 25.6. The van der Waals surface area contributed by atoms with Gasteiger partial charge in [0.2, 0.25) is 35.8 Å². The number of nitrogens with one attached hydrogen (secondary N) is 4. The largest absolute Gasteiger partial charge is 0.467 e. The number of anilines is 1. The van der Waals surface area contributed by atoms with E-state index in [9.17, 15) is 57.8 Å². The van der Waals surface area contributed by atoms with Gasteiger partial charge in [0, 0.05) is 116 Å². The van der Waals surface area contributed by atoms with Gasteiger partial charge in [0.15, 0.2) is 18.0 Å². The SMILES string of the molecule is CC[C@H](C)[C@@H]([C@@H](CC(=O)N1CCC[C@H]1[C@H](C=O)[C@@H](C)C(=O)C[C@H](C)[C@@H](O)c1ccccc1)OC)N(C)C(=O)[C@@H](CC(=O)[C@H](C(C)C)N(C)C(=O)OCc1ccc(O[C@@H]2O[C@H](C(=O)OC)[C@@H](C)[C@H](C)[C@H]2OC(C)=O)c(NC(=O)CCNC(=O)[C@H](CCCCNC(=O)CCOCCOCCOCCOCCOCCOCCOCCOCCOCCOCCOCCOC)NC(=O)OCC2c3ccccc3-c3ccccc32)c1)C(C)C. The van der Waals surface area contributed by atoms with E-state index in [-0.39, 0.29) is 130 Å². The van der Waals surface area contributed by atoms with Crippen molar-refractivity contribution in [2.45, 2.75) is 214 Å².